The Balaban J connectivity index is 4.56. The molecule has 0 saturated heterocycles. The largest absolute Gasteiger partial charge is 0.480 e. The zero-order chi connectivity index (χ0) is 15.6. The Kier molecular flexibility index (Phi) is 9.86. The first-order valence-corrected chi connectivity index (χ1v) is 8.13. The van der Waals surface area contributed by atoms with Crippen LogP contribution in [0.4, 0.5) is 0 Å². The molecule has 20 heavy (non-hydrogen) atoms. The van der Waals surface area contributed by atoms with Crippen LogP contribution in [0.1, 0.15) is 66.7 Å². The van der Waals surface area contributed by atoms with Crippen molar-refractivity contribution in [2.75, 3.05) is 19.6 Å². The summed E-state index contributed by atoms with van der Waals surface area (Å²) in [6.07, 6.45) is 5.06. The molecule has 0 rings (SSSR count). The van der Waals surface area contributed by atoms with Crippen LogP contribution in [-0.4, -0.2) is 47.2 Å². The standard InChI is InChI=1S/C16H34N2O2/c1-6-9-12-18(14(4)8-3)13-10-16(5,15(19)20)17-11-7-2/h14,17H,6-13H2,1-5H3,(H,19,20). The van der Waals surface area contributed by atoms with E-state index < -0.39 is 11.5 Å². The van der Waals surface area contributed by atoms with Gasteiger partial charge in [-0.2, -0.15) is 0 Å². The van der Waals surface area contributed by atoms with E-state index in [0.29, 0.717) is 12.5 Å². The summed E-state index contributed by atoms with van der Waals surface area (Å²) in [6.45, 7) is 13.1. The molecule has 0 saturated carbocycles. The molecule has 2 atom stereocenters. The van der Waals surface area contributed by atoms with E-state index in [0.717, 1.165) is 32.5 Å². The lowest BCUT2D eigenvalue weighted by Crippen LogP contribution is -2.52. The fourth-order valence-electron chi connectivity index (χ4n) is 2.21. The van der Waals surface area contributed by atoms with Gasteiger partial charge in [0.05, 0.1) is 0 Å². The Morgan fingerprint density at radius 3 is 2.35 bits per heavy atom. The van der Waals surface area contributed by atoms with E-state index in [4.69, 9.17) is 0 Å². The van der Waals surface area contributed by atoms with Crippen molar-refractivity contribution < 1.29 is 9.90 Å². The number of aliphatic carboxylic acids is 1. The third kappa shape index (κ3) is 6.71. The van der Waals surface area contributed by atoms with E-state index in [1.165, 1.54) is 12.8 Å². The molecule has 0 aliphatic carbocycles. The van der Waals surface area contributed by atoms with E-state index in [1.807, 2.05) is 0 Å². The van der Waals surface area contributed by atoms with Gasteiger partial charge in [-0.3, -0.25) is 4.79 Å². The SMILES string of the molecule is CCCCN(CCC(C)(NCCC)C(=O)O)C(C)CC. The molecule has 2 unspecified atom stereocenters. The van der Waals surface area contributed by atoms with Crippen molar-refractivity contribution in [3.63, 3.8) is 0 Å². The monoisotopic (exact) mass is 286 g/mol. The van der Waals surface area contributed by atoms with Crippen LogP contribution < -0.4 is 5.32 Å². The fraction of sp³-hybridized carbons (Fsp3) is 0.938. The van der Waals surface area contributed by atoms with E-state index in [1.54, 1.807) is 6.92 Å². The van der Waals surface area contributed by atoms with Gasteiger partial charge in [0, 0.05) is 12.6 Å². The first-order chi connectivity index (χ1) is 9.41. The van der Waals surface area contributed by atoms with Crippen LogP contribution >= 0.6 is 0 Å². The Hall–Kier alpha value is -0.610. The average molecular weight is 286 g/mol. The van der Waals surface area contributed by atoms with Gasteiger partial charge in [0.25, 0.3) is 0 Å². The molecule has 0 bridgehead atoms. The van der Waals surface area contributed by atoms with Crippen molar-refractivity contribution in [2.45, 2.75) is 78.3 Å². The predicted molar refractivity (Wildman–Crippen MR) is 85.2 cm³/mol. The second-order valence-corrected chi connectivity index (χ2v) is 5.96. The molecule has 4 heteroatoms. The number of unbranched alkanes of at least 4 members (excludes halogenated alkanes) is 1. The summed E-state index contributed by atoms with van der Waals surface area (Å²) in [5.74, 6) is -0.745. The molecule has 0 aromatic carbocycles. The molecule has 0 aromatic heterocycles. The summed E-state index contributed by atoms with van der Waals surface area (Å²) < 4.78 is 0. The molecule has 0 heterocycles. The third-order valence-corrected chi connectivity index (χ3v) is 4.15. The molecule has 2 N–H and O–H groups in total. The number of carbonyl (C=O) groups is 1. The van der Waals surface area contributed by atoms with Gasteiger partial charge in [0.1, 0.15) is 5.54 Å². The van der Waals surface area contributed by atoms with Crippen LogP contribution in [-0.2, 0) is 4.79 Å². The molecular formula is C16H34N2O2. The molecule has 0 spiro atoms. The number of rotatable bonds is 12. The number of carboxylic acid groups (broad SMARTS) is 1. The Labute approximate surface area is 124 Å². The third-order valence-electron chi connectivity index (χ3n) is 4.15. The highest BCUT2D eigenvalue weighted by Gasteiger charge is 2.32. The lowest BCUT2D eigenvalue weighted by Gasteiger charge is -2.33. The second kappa shape index (κ2) is 10.2. The van der Waals surface area contributed by atoms with Gasteiger partial charge in [-0.15, -0.1) is 0 Å². The maximum absolute atomic E-state index is 11.5. The van der Waals surface area contributed by atoms with Crippen molar-refractivity contribution >= 4 is 5.97 Å². The normalized spacial score (nSPS) is 16.1. The summed E-state index contributed by atoms with van der Waals surface area (Å²) in [5, 5.41) is 12.7. The summed E-state index contributed by atoms with van der Waals surface area (Å²) in [6, 6.07) is 0.519. The molecule has 0 radical (unpaired) electrons. The van der Waals surface area contributed by atoms with Crippen molar-refractivity contribution in [1.82, 2.24) is 10.2 Å². The molecule has 0 amide bonds. The topological polar surface area (TPSA) is 52.6 Å². The summed E-state index contributed by atoms with van der Waals surface area (Å²) in [7, 11) is 0. The highest BCUT2D eigenvalue weighted by molar-refractivity contribution is 5.78. The van der Waals surface area contributed by atoms with Crippen molar-refractivity contribution in [3.8, 4) is 0 Å². The zero-order valence-electron chi connectivity index (χ0n) is 14.0. The number of hydrogen-bond donors (Lipinski definition) is 2. The van der Waals surface area contributed by atoms with Gasteiger partial charge < -0.3 is 15.3 Å². The van der Waals surface area contributed by atoms with Crippen molar-refractivity contribution in [1.29, 1.82) is 0 Å². The summed E-state index contributed by atoms with van der Waals surface area (Å²) in [4.78, 5) is 13.9. The van der Waals surface area contributed by atoms with Crippen LogP contribution in [0.3, 0.4) is 0 Å². The maximum atomic E-state index is 11.5. The van der Waals surface area contributed by atoms with Crippen LogP contribution in [0.5, 0.6) is 0 Å². The predicted octanol–water partition coefficient (Wildman–Crippen LogP) is 3.12. The Bertz CT molecular complexity index is 271. The molecule has 0 aliphatic rings. The van der Waals surface area contributed by atoms with Crippen LogP contribution in [0, 0.1) is 0 Å². The maximum Gasteiger partial charge on any atom is 0.323 e. The summed E-state index contributed by atoms with van der Waals surface area (Å²) in [5.41, 5.74) is -0.812. The average Bonchev–Trinajstić information content (AvgIpc) is 2.44. The van der Waals surface area contributed by atoms with E-state index >= 15 is 0 Å². The number of nitrogens with one attached hydrogen (secondary N) is 1. The number of carboxylic acids is 1. The first-order valence-electron chi connectivity index (χ1n) is 8.13. The Morgan fingerprint density at radius 2 is 1.90 bits per heavy atom. The first kappa shape index (κ1) is 19.4. The van der Waals surface area contributed by atoms with Crippen LogP contribution in [0.15, 0.2) is 0 Å². The molecule has 0 aromatic rings. The lowest BCUT2D eigenvalue weighted by atomic mass is 9.96. The molecule has 120 valence electrons. The van der Waals surface area contributed by atoms with Gasteiger partial charge in [-0.1, -0.05) is 27.2 Å². The van der Waals surface area contributed by atoms with Crippen molar-refractivity contribution in [2.24, 2.45) is 0 Å². The summed E-state index contributed by atoms with van der Waals surface area (Å²) >= 11 is 0. The van der Waals surface area contributed by atoms with E-state index in [2.05, 4.69) is 37.9 Å². The van der Waals surface area contributed by atoms with E-state index in [9.17, 15) is 9.90 Å². The fourth-order valence-corrected chi connectivity index (χ4v) is 2.21. The van der Waals surface area contributed by atoms with E-state index in [-0.39, 0.29) is 0 Å². The number of hydrogen-bond acceptors (Lipinski definition) is 3. The molecule has 0 aliphatic heterocycles. The van der Waals surface area contributed by atoms with Crippen LogP contribution in [0.25, 0.3) is 0 Å². The Morgan fingerprint density at radius 1 is 1.25 bits per heavy atom. The van der Waals surface area contributed by atoms with Gasteiger partial charge >= 0.3 is 5.97 Å². The van der Waals surface area contributed by atoms with Gasteiger partial charge in [-0.25, -0.2) is 0 Å². The number of nitrogens with zero attached hydrogens (tertiary/aromatic N) is 1. The quantitative estimate of drug-likeness (QED) is 0.579. The highest BCUT2D eigenvalue weighted by Crippen LogP contribution is 2.14. The second-order valence-electron chi connectivity index (χ2n) is 5.96. The zero-order valence-corrected chi connectivity index (χ0v) is 14.0. The highest BCUT2D eigenvalue weighted by atomic mass is 16.4. The van der Waals surface area contributed by atoms with Crippen molar-refractivity contribution in [3.05, 3.63) is 0 Å². The van der Waals surface area contributed by atoms with Gasteiger partial charge in [-0.05, 0) is 52.6 Å². The minimum atomic E-state index is -0.812. The lowest BCUT2D eigenvalue weighted by molar-refractivity contribution is -0.144. The van der Waals surface area contributed by atoms with Crippen LogP contribution in [0.2, 0.25) is 0 Å². The molecular weight excluding hydrogens is 252 g/mol. The molecule has 4 nitrogen and oxygen atoms in total. The van der Waals surface area contributed by atoms with Gasteiger partial charge in [0.15, 0.2) is 0 Å². The minimum absolute atomic E-state index is 0.519. The minimum Gasteiger partial charge on any atom is -0.480 e. The van der Waals surface area contributed by atoms with Gasteiger partial charge in [0.2, 0.25) is 0 Å². The molecule has 0 fully saturated rings. The smallest absolute Gasteiger partial charge is 0.323 e.